The van der Waals surface area contributed by atoms with E-state index < -0.39 is 10.0 Å². The Labute approximate surface area is 124 Å². The van der Waals surface area contributed by atoms with Crippen LogP contribution in [0.1, 0.15) is 18.2 Å². The first-order chi connectivity index (χ1) is 9.96. The van der Waals surface area contributed by atoms with Crippen molar-refractivity contribution in [2.24, 2.45) is 7.05 Å². The van der Waals surface area contributed by atoms with Gasteiger partial charge in [-0.3, -0.25) is 4.68 Å². The second-order valence-corrected chi connectivity index (χ2v) is 6.35. The SMILES string of the molecule is CCc1nn(C)cc1CNS(=O)(=O)c1ccnc(NC)c1. The predicted octanol–water partition coefficient (Wildman–Crippen LogP) is 0.898. The third-order valence-electron chi connectivity index (χ3n) is 3.08. The molecule has 0 saturated carbocycles. The van der Waals surface area contributed by atoms with Crippen LogP contribution in [0.15, 0.2) is 29.4 Å². The fourth-order valence-electron chi connectivity index (χ4n) is 2.00. The van der Waals surface area contributed by atoms with Crippen molar-refractivity contribution in [1.82, 2.24) is 19.5 Å². The van der Waals surface area contributed by atoms with Crippen molar-refractivity contribution in [1.29, 1.82) is 0 Å². The number of aromatic nitrogens is 3. The Balaban J connectivity index is 2.17. The van der Waals surface area contributed by atoms with Crippen LogP contribution in [-0.4, -0.2) is 30.2 Å². The van der Waals surface area contributed by atoms with Crippen LogP contribution in [0.3, 0.4) is 0 Å². The van der Waals surface area contributed by atoms with E-state index in [4.69, 9.17) is 0 Å². The van der Waals surface area contributed by atoms with Gasteiger partial charge in [0, 0.05) is 44.7 Å². The lowest BCUT2D eigenvalue weighted by molar-refractivity contribution is 0.581. The second kappa shape index (κ2) is 6.23. The number of hydrogen-bond donors (Lipinski definition) is 2. The molecule has 7 nitrogen and oxygen atoms in total. The summed E-state index contributed by atoms with van der Waals surface area (Å²) in [6, 6.07) is 2.96. The van der Waals surface area contributed by atoms with Crippen LogP contribution in [-0.2, 0) is 30.0 Å². The van der Waals surface area contributed by atoms with E-state index in [1.54, 1.807) is 11.7 Å². The normalized spacial score (nSPS) is 11.6. The lowest BCUT2D eigenvalue weighted by atomic mass is 10.2. The van der Waals surface area contributed by atoms with Crippen LogP contribution in [0.4, 0.5) is 5.82 Å². The standard InChI is InChI=1S/C13H19N5O2S/c1-4-12-10(9-18(3)17-12)8-16-21(19,20)11-5-6-15-13(7-11)14-2/h5-7,9,16H,4,8H2,1-3H3,(H,14,15). The van der Waals surface area contributed by atoms with Crippen molar-refractivity contribution in [3.05, 3.63) is 35.8 Å². The molecule has 0 fully saturated rings. The van der Waals surface area contributed by atoms with Gasteiger partial charge >= 0.3 is 0 Å². The molecule has 0 aliphatic heterocycles. The maximum Gasteiger partial charge on any atom is 0.241 e. The van der Waals surface area contributed by atoms with Gasteiger partial charge in [0.05, 0.1) is 10.6 Å². The quantitative estimate of drug-likeness (QED) is 0.827. The number of hydrogen-bond acceptors (Lipinski definition) is 5. The predicted molar refractivity (Wildman–Crippen MR) is 80.4 cm³/mol. The van der Waals surface area contributed by atoms with E-state index in [2.05, 4.69) is 20.1 Å². The maximum atomic E-state index is 12.3. The highest BCUT2D eigenvalue weighted by atomic mass is 32.2. The molecule has 0 radical (unpaired) electrons. The minimum absolute atomic E-state index is 0.184. The molecule has 2 aromatic rings. The first-order valence-corrected chi connectivity index (χ1v) is 8.09. The van der Waals surface area contributed by atoms with Crippen molar-refractivity contribution >= 4 is 15.8 Å². The van der Waals surface area contributed by atoms with Crippen LogP contribution in [0.2, 0.25) is 0 Å². The Morgan fingerprint density at radius 1 is 1.38 bits per heavy atom. The molecule has 0 amide bonds. The summed E-state index contributed by atoms with van der Waals surface area (Å²) < 4.78 is 28.9. The maximum absolute atomic E-state index is 12.3. The van der Waals surface area contributed by atoms with Crippen molar-refractivity contribution < 1.29 is 8.42 Å². The third kappa shape index (κ3) is 3.59. The van der Waals surface area contributed by atoms with Gasteiger partial charge in [0.25, 0.3) is 0 Å². The first-order valence-electron chi connectivity index (χ1n) is 6.61. The lowest BCUT2D eigenvalue weighted by Crippen LogP contribution is -2.23. The van der Waals surface area contributed by atoms with Crippen LogP contribution >= 0.6 is 0 Å². The zero-order chi connectivity index (χ0) is 15.5. The summed E-state index contributed by atoms with van der Waals surface area (Å²) in [7, 11) is -0.0653. The molecule has 0 unspecified atom stereocenters. The average Bonchev–Trinajstić information content (AvgIpc) is 2.85. The highest BCUT2D eigenvalue weighted by molar-refractivity contribution is 7.89. The molecule has 0 saturated heterocycles. The molecule has 2 rings (SSSR count). The Bertz CT molecular complexity index is 724. The second-order valence-electron chi connectivity index (χ2n) is 4.58. The van der Waals surface area contributed by atoms with Gasteiger partial charge in [-0.1, -0.05) is 6.92 Å². The molecule has 21 heavy (non-hydrogen) atoms. The Morgan fingerprint density at radius 2 is 2.14 bits per heavy atom. The molecule has 114 valence electrons. The Hall–Kier alpha value is -1.93. The van der Waals surface area contributed by atoms with Gasteiger partial charge in [-0.2, -0.15) is 5.10 Å². The number of aryl methyl sites for hydroxylation is 2. The van der Waals surface area contributed by atoms with Crippen molar-refractivity contribution in [3.63, 3.8) is 0 Å². The molecule has 0 aliphatic carbocycles. The Morgan fingerprint density at radius 3 is 2.81 bits per heavy atom. The van der Waals surface area contributed by atoms with Gasteiger partial charge in [0.2, 0.25) is 10.0 Å². The van der Waals surface area contributed by atoms with Crippen LogP contribution in [0.25, 0.3) is 0 Å². The number of anilines is 1. The van der Waals surface area contributed by atoms with Crippen LogP contribution < -0.4 is 10.0 Å². The molecule has 0 aromatic carbocycles. The zero-order valence-corrected chi connectivity index (χ0v) is 13.1. The molecule has 0 spiro atoms. The van der Waals surface area contributed by atoms with Crippen LogP contribution in [0.5, 0.6) is 0 Å². The molecule has 8 heteroatoms. The van der Waals surface area contributed by atoms with Gasteiger partial charge in [-0.15, -0.1) is 0 Å². The smallest absolute Gasteiger partial charge is 0.241 e. The summed E-state index contributed by atoms with van der Waals surface area (Å²) >= 11 is 0. The number of sulfonamides is 1. The van der Waals surface area contributed by atoms with Crippen molar-refractivity contribution in [2.75, 3.05) is 12.4 Å². The number of rotatable bonds is 6. The monoisotopic (exact) mass is 309 g/mol. The summed E-state index contributed by atoms with van der Waals surface area (Å²) in [5.74, 6) is 0.508. The molecular weight excluding hydrogens is 290 g/mol. The average molecular weight is 309 g/mol. The van der Waals surface area contributed by atoms with Gasteiger partial charge in [0.15, 0.2) is 0 Å². The van der Waals surface area contributed by atoms with E-state index >= 15 is 0 Å². The summed E-state index contributed by atoms with van der Waals surface area (Å²) in [5.41, 5.74) is 1.78. The summed E-state index contributed by atoms with van der Waals surface area (Å²) in [4.78, 5) is 4.19. The minimum atomic E-state index is -3.57. The number of pyridine rings is 1. The molecule has 2 aromatic heterocycles. The van der Waals surface area contributed by atoms with Gasteiger partial charge in [-0.25, -0.2) is 18.1 Å². The molecule has 0 atom stereocenters. The molecular formula is C13H19N5O2S. The van der Waals surface area contributed by atoms with Crippen molar-refractivity contribution in [3.8, 4) is 0 Å². The molecule has 0 aliphatic rings. The molecule has 2 heterocycles. The number of nitrogens with zero attached hydrogens (tertiary/aromatic N) is 3. The molecule has 2 N–H and O–H groups in total. The van der Waals surface area contributed by atoms with E-state index in [1.165, 1.54) is 18.3 Å². The van der Waals surface area contributed by atoms with E-state index in [-0.39, 0.29) is 11.4 Å². The van der Waals surface area contributed by atoms with E-state index in [9.17, 15) is 8.42 Å². The van der Waals surface area contributed by atoms with E-state index in [1.807, 2.05) is 20.2 Å². The van der Waals surface area contributed by atoms with Gasteiger partial charge in [-0.05, 0) is 12.5 Å². The Kier molecular flexibility index (Phi) is 4.59. The highest BCUT2D eigenvalue weighted by Crippen LogP contribution is 2.14. The minimum Gasteiger partial charge on any atom is -0.373 e. The number of nitrogens with one attached hydrogen (secondary N) is 2. The van der Waals surface area contributed by atoms with Gasteiger partial charge < -0.3 is 5.32 Å². The zero-order valence-electron chi connectivity index (χ0n) is 12.3. The fraction of sp³-hybridized carbons (Fsp3) is 0.385. The third-order valence-corrected chi connectivity index (χ3v) is 4.48. The first kappa shape index (κ1) is 15.5. The highest BCUT2D eigenvalue weighted by Gasteiger charge is 2.16. The van der Waals surface area contributed by atoms with Crippen molar-refractivity contribution in [2.45, 2.75) is 24.8 Å². The summed E-state index contributed by atoms with van der Waals surface area (Å²) in [6.45, 7) is 2.21. The molecule has 0 bridgehead atoms. The lowest BCUT2D eigenvalue weighted by Gasteiger charge is -2.07. The van der Waals surface area contributed by atoms with E-state index in [0.29, 0.717) is 5.82 Å². The van der Waals surface area contributed by atoms with Crippen LogP contribution in [0, 0.1) is 0 Å². The van der Waals surface area contributed by atoms with Gasteiger partial charge in [0.1, 0.15) is 5.82 Å². The van der Waals surface area contributed by atoms with E-state index in [0.717, 1.165) is 17.7 Å². The fourth-order valence-corrected chi connectivity index (χ4v) is 3.02. The topological polar surface area (TPSA) is 88.9 Å². The largest absolute Gasteiger partial charge is 0.373 e. The summed E-state index contributed by atoms with van der Waals surface area (Å²) in [6.07, 6.45) is 4.05. The summed E-state index contributed by atoms with van der Waals surface area (Å²) in [5, 5.41) is 7.11.